The molecule has 0 atom stereocenters. The first kappa shape index (κ1) is 16.9. The van der Waals surface area contributed by atoms with Gasteiger partial charge in [0.1, 0.15) is 0 Å². The highest BCUT2D eigenvalue weighted by Gasteiger charge is 2.15. The highest BCUT2D eigenvalue weighted by Crippen LogP contribution is 2.09. The number of rotatable bonds is 11. The number of hydrogen-bond acceptors (Lipinski definition) is 3. The summed E-state index contributed by atoms with van der Waals surface area (Å²) in [5, 5.41) is 0. The van der Waals surface area contributed by atoms with Crippen molar-refractivity contribution in [3.8, 4) is 0 Å². The minimum Gasteiger partial charge on any atom is -0.330 e. The molecular formula is C16H35N3. The highest BCUT2D eigenvalue weighted by atomic mass is 15.3. The zero-order valence-electron chi connectivity index (χ0n) is 13.1. The third-order valence-corrected chi connectivity index (χ3v) is 4.22. The fourth-order valence-corrected chi connectivity index (χ4v) is 2.84. The van der Waals surface area contributed by atoms with Gasteiger partial charge in [-0.05, 0) is 32.5 Å². The average molecular weight is 269 g/mol. The van der Waals surface area contributed by atoms with E-state index >= 15 is 0 Å². The predicted octanol–water partition coefficient (Wildman–Crippen LogP) is 2.70. The number of hydrogen-bond donors (Lipinski definition) is 1. The first-order valence-electron chi connectivity index (χ1n) is 8.51. The fourth-order valence-electron chi connectivity index (χ4n) is 2.84. The van der Waals surface area contributed by atoms with Crippen LogP contribution in [0.3, 0.4) is 0 Å². The summed E-state index contributed by atoms with van der Waals surface area (Å²) < 4.78 is 0. The molecule has 1 rings (SSSR count). The van der Waals surface area contributed by atoms with Gasteiger partial charge in [-0.3, -0.25) is 0 Å². The quantitative estimate of drug-likeness (QED) is 0.585. The van der Waals surface area contributed by atoms with Gasteiger partial charge < -0.3 is 15.5 Å². The van der Waals surface area contributed by atoms with Crippen molar-refractivity contribution in [2.45, 2.75) is 58.3 Å². The SMILES string of the molecule is CCCCCCCCCN1CCN(CCCN)CC1. The van der Waals surface area contributed by atoms with Crippen molar-refractivity contribution in [3.05, 3.63) is 0 Å². The van der Waals surface area contributed by atoms with Crippen LogP contribution in [0.2, 0.25) is 0 Å². The first-order valence-corrected chi connectivity index (χ1v) is 8.51. The van der Waals surface area contributed by atoms with E-state index in [1.165, 1.54) is 84.2 Å². The third-order valence-electron chi connectivity index (χ3n) is 4.22. The number of nitrogens with zero attached hydrogens (tertiary/aromatic N) is 2. The van der Waals surface area contributed by atoms with E-state index in [4.69, 9.17) is 5.73 Å². The first-order chi connectivity index (χ1) is 9.36. The molecule has 0 aromatic rings. The molecule has 114 valence electrons. The molecule has 0 saturated carbocycles. The van der Waals surface area contributed by atoms with Gasteiger partial charge in [0.2, 0.25) is 0 Å². The van der Waals surface area contributed by atoms with Gasteiger partial charge >= 0.3 is 0 Å². The molecule has 19 heavy (non-hydrogen) atoms. The summed E-state index contributed by atoms with van der Waals surface area (Å²) in [5.41, 5.74) is 5.56. The van der Waals surface area contributed by atoms with Crippen molar-refractivity contribution in [1.82, 2.24) is 9.80 Å². The molecule has 1 aliphatic heterocycles. The molecule has 0 aromatic carbocycles. The summed E-state index contributed by atoms with van der Waals surface area (Å²) >= 11 is 0. The van der Waals surface area contributed by atoms with Crippen LogP contribution >= 0.6 is 0 Å². The Kier molecular flexibility index (Phi) is 10.4. The molecule has 0 spiro atoms. The Bertz CT molecular complexity index is 188. The summed E-state index contributed by atoms with van der Waals surface area (Å²) in [6, 6.07) is 0. The smallest absolute Gasteiger partial charge is 0.0110 e. The maximum atomic E-state index is 5.56. The lowest BCUT2D eigenvalue weighted by Gasteiger charge is -2.34. The molecule has 0 aromatic heterocycles. The maximum absolute atomic E-state index is 5.56. The van der Waals surface area contributed by atoms with Gasteiger partial charge in [-0.2, -0.15) is 0 Å². The Hall–Kier alpha value is -0.120. The van der Waals surface area contributed by atoms with Crippen LogP contribution in [0.15, 0.2) is 0 Å². The minimum absolute atomic E-state index is 0.832. The number of unbranched alkanes of at least 4 members (excludes halogenated alkanes) is 6. The molecule has 0 radical (unpaired) electrons. The summed E-state index contributed by atoms with van der Waals surface area (Å²) in [5.74, 6) is 0. The lowest BCUT2D eigenvalue weighted by Crippen LogP contribution is -2.46. The van der Waals surface area contributed by atoms with Crippen LogP contribution in [-0.4, -0.2) is 55.6 Å². The maximum Gasteiger partial charge on any atom is 0.0110 e. The molecular weight excluding hydrogens is 234 g/mol. The molecule has 1 fully saturated rings. The second-order valence-corrected chi connectivity index (χ2v) is 5.95. The van der Waals surface area contributed by atoms with Gasteiger partial charge in [0, 0.05) is 26.2 Å². The van der Waals surface area contributed by atoms with E-state index < -0.39 is 0 Å². The molecule has 0 unspecified atom stereocenters. The Balaban J connectivity index is 1.89. The number of nitrogens with two attached hydrogens (primary N) is 1. The van der Waals surface area contributed by atoms with Gasteiger partial charge in [-0.1, -0.05) is 45.4 Å². The van der Waals surface area contributed by atoms with Crippen molar-refractivity contribution < 1.29 is 0 Å². The molecule has 1 aliphatic rings. The second kappa shape index (κ2) is 11.7. The molecule has 0 bridgehead atoms. The Morgan fingerprint density at radius 2 is 1.16 bits per heavy atom. The third kappa shape index (κ3) is 8.61. The van der Waals surface area contributed by atoms with E-state index in [-0.39, 0.29) is 0 Å². The molecule has 3 heteroatoms. The van der Waals surface area contributed by atoms with Crippen LogP contribution in [0.25, 0.3) is 0 Å². The van der Waals surface area contributed by atoms with Crippen molar-refractivity contribution in [2.75, 3.05) is 45.8 Å². The van der Waals surface area contributed by atoms with Crippen molar-refractivity contribution >= 4 is 0 Å². The fraction of sp³-hybridized carbons (Fsp3) is 1.00. The summed E-state index contributed by atoms with van der Waals surface area (Å²) in [6.45, 7) is 10.7. The Labute approximate surface area is 120 Å². The predicted molar refractivity (Wildman–Crippen MR) is 84.5 cm³/mol. The molecule has 3 nitrogen and oxygen atoms in total. The van der Waals surface area contributed by atoms with Gasteiger partial charge in [0.25, 0.3) is 0 Å². The second-order valence-electron chi connectivity index (χ2n) is 5.95. The highest BCUT2D eigenvalue weighted by molar-refractivity contribution is 4.71. The van der Waals surface area contributed by atoms with Crippen LogP contribution in [-0.2, 0) is 0 Å². The largest absolute Gasteiger partial charge is 0.330 e. The van der Waals surface area contributed by atoms with Gasteiger partial charge in [0.15, 0.2) is 0 Å². The zero-order valence-corrected chi connectivity index (χ0v) is 13.1. The van der Waals surface area contributed by atoms with Crippen LogP contribution in [0.1, 0.15) is 58.3 Å². The summed E-state index contributed by atoms with van der Waals surface area (Å²) in [6.07, 6.45) is 11.1. The van der Waals surface area contributed by atoms with Crippen LogP contribution in [0, 0.1) is 0 Å². The van der Waals surface area contributed by atoms with Crippen LogP contribution in [0.4, 0.5) is 0 Å². The van der Waals surface area contributed by atoms with E-state index in [2.05, 4.69) is 16.7 Å². The van der Waals surface area contributed by atoms with E-state index in [0.717, 1.165) is 13.0 Å². The summed E-state index contributed by atoms with van der Waals surface area (Å²) in [7, 11) is 0. The lowest BCUT2D eigenvalue weighted by molar-refractivity contribution is 0.130. The monoisotopic (exact) mass is 269 g/mol. The number of piperazine rings is 1. The van der Waals surface area contributed by atoms with Gasteiger partial charge in [-0.15, -0.1) is 0 Å². The molecule has 0 amide bonds. The summed E-state index contributed by atoms with van der Waals surface area (Å²) in [4.78, 5) is 5.21. The van der Waals surface area contributed by atoms with Crippen LogP contribution in [0.5, 0.6) is 0 Å². The molecule has 0 aliphatic carbocycles. The van der Waals surface area contributed by atoms with E-state index in [1.807, 2.05) is 0 Å². The standard InChI is InChI=1S/C16H35N3/c1-2-3-4-5-6-7-8-11-18-13-15-19(16-14-18)12-9-10-17/h2-17H2,1H3. The van der Waals surface area contributed by atoms with Gasteiger partial charge in [-0.25, -0.2) is 0 Å². The van der Waals surface area contributed by atoms with Crippen LogP contribution < -0.4 is 5.73 Å². The van der Waals surface area contributed by atoms with Crippen molar-refractivity contribution in [1.29, 1.82) is 0 Å². The molecule has 1 saturated heterocycles. The van der Waals surface area contributed by atoms with E-state index in [1.54, 1.807) is 0 Å². The molecule has 2 N–H and O–H groups in total. The minimum atomic E-state index is 0.832. The lowest BCUT2D eigenvalue weighted by atomic mass is 10.1. The van der Waals surface area contributed by atoms with Crippen molar-refractivity contribution in [2.24, 2.45) is 5.73 Å². The van der Waals surface area contributed by atoms with Gasteiger partial charge in [0.05, 0.1) is 0 Å². The Morgan fingerprint density at radius 1 is 0.684 bits per heavy atom. The zero-order chi connectivity index (χ0) is 13.8. The average Bonchev–Trinajstić information content (AvgIpc) is 2.45. The van der Waals surface area contributed by atoms with Crippen molar-refractivity contribution in [3.63, 3.8) is 0 Å². The van der Waals surface area contributed by atoms with E-state index in [0.29, 0.717) is 0 Å². The Morgan fingerprint density at radius 3 is 1.68 bits per heavy atom. The molecule has 1 heterocycles. The normalized spacial score (nSPS) is 18.0. The topological polar surface area (TPSA) is 32.5 Å². The van der Waals surface area contributed by atoms with E-state index in [9.17, 15) is 0 Å².